The number of aromatic carboxylic acids is 1. The lowest BCUT2D eigenvalue weighted by molar-refractivity contribution is 0.0696. The van der Waals surface area contributed by atoms with Crippen molar-refractivity contribution in [1.82, 2.24) is 10.3 Å². The number of hydrogen-bond donors (Lipinski definition) is 2. The number of rotatable bonds is 4. The van der Waals surface area contributed by atoms with Crippen LogP contribution >= 0.6 is 15.9 Å². The van der Waals surface area contributed by atoms with Crippen LogP contribution in [-0.2, 0) is 6.54 Å². The minimum atomic E-state index is -1.02. The summed E-state index contributed by atoms with van der Waals surface area (Å²) in [6, 6.07) is 8.17. The molecule has 21 heavy (non-hydrogen) atoms. The first kappa shape index (κ1) is 15.2. The van der Waals surface area contributed by atoms with Gasteiger partial charge in [0.05, 0.1) is 17.8 Å². The van der Waals surface area contributed by atoms with Crippen molar-refractivity contribution in [3.8, 4) is 0 Å². The third kappa shape index (κ3) is 3.88. The van der Waals surface area contributed by atoms with Gasteiger partial charge in [0.1, 0.15) is 0 Å². The number of halogens is 1. The van der Waals surface area contributed by atoms with Crippen LogP contribution in [0.4, 0.5) is 0 Å². The van der Waals surface area contributed by atoms with Crippen molar-refractivity contribution in [2.75, 3.05) is 0 Å². The van der Waals surface area contributed by atoms with Gasteiger partial charge in [-0.25, -0.2) is 4.79 Å². The number of nitrogens with one attached hydrogen (secondary N) is 1. The molecule has 1 amide bonds. The molecule has 6 heteroatoms. The first-order valence-corrected chi connectivity index (χ1v) is 6.99. The predicted octanol–water partition coefficient (Wildman–Crippen LogP) is 2.78. The summed E-state index contributed by atoms with van der Waals surface area (Å²) in [6.45, 7) is 2.11. The fraction of sp³-hybridized carbons (Fsp3) is 0.133. The van der Waals surface area contributed by atoms with Gasteiger partial charge in [-0.05, 0) is 36.8 Å². The fourth-order valence-electron chi connectivity index (χ4n) is 1.71. The number of benzene rings is 1. The van der Waals surface area contributed by atoms with Gasteiger partial charge in [0.25, 0.3) is 5.91 Å². The number of carbonyl (C=O) groups excluding carboxylic acids is 1. The number of hydrogen-bond acceptors (Lipinski definition) is 3. The molecule has 2 aromatic rings. The second-order valence-electron chi connectivity index (χ2n) is 4.49. The van der Waals surface area contributed by atoms with E-state index in [4.69, 9.17) is 5.11 Å². The lowest BCUT2D eigenvalue weighted by Crippen LogP contribution is -2.23. The zero-order valence-corrected chi connectivity index (χ0v) is 12.8. The number of aryl methyl sites for hydroxylation is 1. The van der Waals surface area contributed by atoms with E-state index in [-0.39, 0.29) is 18.0 Å². The number of pyridine rings is 1. The molecular weight excluding hydrogens is 336 g/mol. The normalized spacial score (nSPS) is 10.2. The molecular formula is C15H13BrN2O3. The van der Waals surface area contributed by atoms with E-state index < -0.39 is 5.97 Å². The Labute approximate surface area is 130 Å². The second-order valence-corrected chi connectivity index (χ2v) is 5.34. The van der Waals surface area contributed by atoms with Gasteiger partial charge in [0.2, 0.25) is 0 Å². The number of carboxylic acids is 1. The zero-order valence-electron chi connectivity index (χ0n) is 11.3. The average Bonchev–Trinajstić information content (AvgIpc) is 2.48. The zero-order chi connectivity index (χ0) is 15.4. The Kier molecular flexibility index (Phi) is 4.70. The third-order valence-electron chi connectivity index (χ3n) is 2.93. The highest BCUT2D eigenvalue weighted by Crippen LogP contribution is 2.17. The minimum absolute atomic E-state index is 0.146. The van der Waals surface area contributed by atoms with Crippen molar-refractivity contribution in [2.24, 2.45) is 0 Å². The van der Waals surface area contributed by atoms with E-state index in [1.54, 1.807) is 12.1 Å². The Morgan fingerprint density at radius 2 is 2.00 bits per heavy atom. The minimum Gasteiger partial charge on any atom is -0.478 e. The Balaban J connectivity index is 2.05. The quantitative estimate of drug-likeness (QED) is 0.890. The highest BCUT2D eigenvalue weighted by molar-refractivity contribution is 9.10. The first-order valence-electron chi connectivity index (χ1n) is 6.20. The van der Waals surface area contributed by atoms with Crippen LogP contribution in [0.15, 0.2) is 41.0 Å². The van der Waals surface area contributed by atoms with E-state index in [9.17, 15) is 9.59 Å². The average molecular weight is 349 g/mol. The maximum Gasteiger partial charge on any atom is 0.335 e. The highest BCUT2D eigenvalue weighted by Gasteiger charge is 2.09. The second kappa shape index (κ2) is 6.49. The number of nitrogens with zero attached hydrogens (tertiary/aromatic N) is 1. The molecule has 1 heterocycles. The van der Waals surface area contributed by atoms with E-state index in [1.165, 1.54) is 18.3 Å². The monoisotopic (exact) mass is 348 g/mol. The van der Waals surface area contributed by atoms with Crippen molar-refractivity contribution < 1.29 is 14.7 Å². The van der Waals surface area contributed by atoms with E-state index >= 15 is 0 Å². The summed E-state index contributed by atoms with van der Waals surface area (Å²) in [7, 11) is 0. The van der Waals surface area contributed by atoms with Crippen LogP contribution in [0.5, 0.6) is 0 Å². The molecule has 0 atom stereocenters. The summed E-state index contributed by atoms with van der Waals surface area (Å²) in [5, 5.41) is 11.6. The molecule has 0 saturated heterocycles. The third-order valence-corrected chi connectivity index (χ3v) is 3.78. The maximum absolute atomic E-state index is 12.0. The van der Waals surface area contributed by atoms with Crippen LogP contribution in [0.2, 0.25) is 0 Å². The number of amides is 1. The van der Waals surface area contributed by atoms with Crippen LogP contribution in [0.25, 0.3) is 0 Å². The van der Waals surface area contributed by atoms with Crippen LogP contribution in [0.1, 0.15) is 32.0 Å². The van der Waals surface area contributed by atoms with Crippen molar-refractivity contribution in [3.05, 3.63) is 63.4 Å². The smallest absolute Gasteiger partial charge is 0.335 e. The standard InChI is InChI=1S/C15H13BrN2O3/c1-9-2-3-10(7-13(9)16)14(19)18-8-12-6-11(15(20)21)4-5-17-12/h2-7H,8H2,1H3,(H,18,19)(H,20,21). The SMILES string of the molecule is Cc1ccc(C(=O)NCc2cc(C(=O)O)ccn2)cc1Br. The van der Waals surface area contributed by atoms with E-state index in [2.05, 4.69) is 26.2 Å². The topological polar surface area (TPSA) is 79.3 Å². The predicted molar refractivity (Wildman–Crippen MR) is 81.2 cm³/mol. The van der Waals surface area contributed by atoms with Gasteiger partial charge in [-0.3, -0.25) is 9.78 Å². The molecule has 1 aromatic heterocycles. The fourth-order valence-corrected chi connectivity index (χ4v) is 2.09. The molecule has 1 aromatic carbocycles. The van der Waals surface area contributed by atoms with Gasteiger partial charge >= 0.3 is 5.97 Å². The summed E-state index contributed by atoms with van der Waals surface area (Å²) in [5.74, 6) is -1.26. The first-order chi connectivity index (χ1) is 9.97. The van der Waals surface area contributed by atoms with Gasteiger partial charge in [-0.2, -0.15) is 0 Å². The Bertz CT molecular complexity index is 701. The summed E-state index contributed by atoms with van der Waals surface area (Å²) in [6.07, 6.45) is 1.41. The van der Waals surface area contributed by atoms with Gasteiger partial charge in [-0.15, -0.1) is 0 Å². The van der Waals surface area contributed by atoms with Gasteiger partial charge in [-0.1, -0.05) is 22.0 Å². The molecule has 0 aliphatic carbocycles. The molecule has 0 aliphatic heterocycles. The number of aromatic nitrogens is 1. The van der Waals surface area contributed by atoms with Crippen LogP contribution in [-0.4, -0.2) is 22.0 Å². The van der Waals surface area contributed by atoms with E-state index in [1.807, 2.05) is 13.0 Å². The van der Waals surface area contributed by atoms with E-state index in [0.717, 1.165) is 10.0 Å². The maximum atomic E-state index is 12.0. The number of carboxylic acid groups (broad SMARTS) is 1. The Hall–Kier alpha value is -2.21. The van der Waals surface area contributed by atoms with Crippen LogP contribution in [0.3, 0.4) is 0 Å². The van der Waals surface area contributed by atoms with Crippen molar-refractivity contribution in [3.63, 3.8) is 0 Å². The molecule has 0 fully saturated rings. The summed E-state index contributed by atoms with van der Waals surface area (Å²) >= 11 is 3.38. The summed E-state index contributed by atoms with van der Waals surface area (Å²) in [5.41, 5.74) is 2.21. The Morgan fingerprint density at radius 1 is 1.24 bits per heavy atom. The van der Waals surface area contributed by atoms with Gasteiger partial charge in [0.15, 0.2) is 0 Å². The molecule has 0 unspecified atom stereocenters. The molecule has 0 radical (unpaired) electrons. The Morgan fingerprint density at radius 3 is 2.67 bits per heavy atom. The molecule has 5 nitrogen and oxygen atoms in total. The summed E-state index contributed by atoms with van der Waals surface area (Å²) < 4.78 is 0.862. The summed E-state index contributed by atoms with van der Waals surface area (Å²) in [4.78, 5) is 26.9. The molecule has 108 valence electrons. The van der Waals surface area contributed by atoms with Crippen LogP contribution < -0.4 is 5.32 Å². The molecule has 2 N–H and O–H groups in total. The molecule has 0 spiro atoms. The number of carbonyl (C=O) groups is 2. The largest absolute Gasteiger partial charge is 0.478 e. The molecule has 0 bridgehead atoms. The molecule has 0 saturated carbocycles. The highest BCUT2D eigenvalue weighted by atomic mass is 79.9. The molecule has 0 aliphatic rings. The van der Waals surface area contributed by atoms with Gasteiger partial charge in [0, 0.05) is 16.2 Å². The lowest BCUT2D eigenvalue weighted by atomic mass is 10.1. The molecule has 2 rings (SSSR count). The van der Waals surface area contributed by atoms with Crippen molar-refractivity contribution in [1.29, 1.82) is 0 Å². The van der Waals surface area contributed by atoms with Gasteiger partial charge < -0.3 is 10.4 Å². The van der Waals surface area contributed by atoms with Crippen molar-refractivity contribution in [2.45, 2.75) is 13.5 Å². The lowest BCUT2D eigenvalue weighted by Gasteiger charge is -2.07. The van der Waals surface area contributed by atoms with Crippen molar-refractivity contribution >= 4 is 27.8 Å². The van der Waals surface area contributed by atoms with Crippen LogP contribution in [0, 0.1) is 6.92 Å². The van der Waals surface area contributed by atoms with E-state index in [0.29, 0.717) is 11.3 Å².